The van der Waals surface area contributed by atoms with Crippen LogP contribution in [0.4, 0.5) is 0 Å². The molecular formula is C18H24N2. The molecule has 1 aromatic carbocycles. The van der Waals surface area contributed by atoms with Gasteiger partial charge in [0.05, 0.1) is 6.04 Å². The summed E-state index contributed by atoms with van der Waals surface area (Å²) in [5.41, 5.74) is 6.50. The van der Waals surface area contributed by atoms with Gasteiger partial charge in [-0.2, -0.15) is 0 Å². The Bertz CT molecular complexity index is 555. The molecule has 0 radical (unpaired) electrons. The van der Waals surface area contributed by atoms with E-state index in [1.165, 1.54) is 27.8 Å². The lowest BCUT2D eigenvalue weighted by atomic mass is 9.94. The third-order valence-electron chi connectivity index (χ3n) is 3.57. The van der Waals surface area contributed by atoms with Crippen molar-refractivity contribution in [2.45, 2.75) is 40.2 Å². The van der Waals surface area contributed by atoms with Crippen LogP contribution in [-0.2, 0) is 0 Å². The molecule has 0 bridgehead atoms. The molecule has 20 heavy (non-hydrogen) atoms. The van der Waals surface area contributed by atoms with Gasteiger partial charge in [0.15, 0.2) is 0 Å². The highest BCUT2D eigenvalue weighted by Gasteiger charge is 2.16. The van der Waals surface area contributed by atoms with Crippen molar-refractivity contribution in [1.82, 2.24) is 10.3 Å². The molecule has 2 heteroatoms. The molecule has 0 spiro atoms. The molecule has 0 aliphatic carbocycles. The molecule has 0 fully saturated rings. The Balaban J connectivity index is 2.44. The third-order valence-corrected chi connectivity index (χ3v) is 3.57. The molecule has 1 N–H and O–H groups in total. The molecule has 0 aliphatic rings. The Kier molecular flexibility index (Phi) is 4.91. The van der Waals surface area contributed by atoms with Crippen LogP contribution in [-0.4, -0.2) is 11.5 Å². The maximum absolute atomic E-state index is 4.30. The lowest BCUT2D eigenvalue weighted by Crippen LogP contribution is -2.24. The van der Waals surface area contributed by atoms with Crippen molar-refractivity contribution < 1.29 is 0 Å². The van der Waals surface area contributed by atoms with E-state index in [4.69, 9.17) is 0 Å². The SMILES string of the molecule is CCCNC(c1cc(C)cc(C)c1)c1cnccc1C. The van der Waals surface area contributed by atoms with E-state index in [0.29, 0.717) is 0 Å². The molecule has 2 rings (SSSR count). The van der Waals surface area contributed by atoms with Gasteiger partial charge in [-0.3, -0.25) is 4.98 Å². The number of rotatable bonds is 5. The number of hydrogen-bond acceptors (Lipinski definition) is 2. The fraction of sp³-hybridized carbons (Fsp3) is 0.389. The van der Waals surface area contributed by atoms with E-state index in [-0.39, 0.29) is 6.04 Å². The Morgan fingerprint density at radius 1 is 1.10 bits per heavy atom. The highest BCUT2D eigenvalue weighted by molar-refractivity contribution is 5.38. The average molecular weight is 268 g/mol. The summed E-state index contributed by atoms with van der Waals surface area (Å²) < 4.78 is 0. The van der Waals surface area contributed by atoms with Crippen LogP contribution >= 0.6 is 0 Å². The lowest BCUT2D eigenvalue weighted by Gasteiger charge is -2.22. The van der Waals surface area contributed by atoms with Crippen LogP contribution in [0, 0.1) is 20.8 Å². The predicted octanol–water partition coefficient (Wildman–Crippen LogP) is 4.10. The highest BCUT2D eigenvalue weighted by Crippen LogP contribution is 2.25. The molecule has 1 aromatic heterocycles. The molecule has 0 saturated carbocycles. The zero-order valence-corrected chi connectivity index (χ0v) is 12.9. The molecule has 0 aliphatic heterocycles. The summed E-state index contributed by atoms with van der Waals surface area (Å²) in [6.07, 6.45) is 4.97. The second-order valence-corrected chi connectivity index (χ2v) is 5.54. The topological polar surface area (TPSA) is 24.9 Å². The normalized spacial score (nSPS) is 12.4. The van der Waals surface area contributed by atoms with Crippen LogP contribution in [0.1, 0.15) is 47.2 Å². The van der Waals surface area contributed by atoms with Crippen LogP contribution in [0.15, 0.2) is 36.7 Å². The van der Waals surface area contributed by atoms with Gasteiger partial charge in [0.2, 0.25) is 0 Å². The number of benzene rings is 1. The molecule has 1 atom stereocenters. The van der Waals surface area contributed by atoms with Gasteiger partial charge in [0.25, 0.3) is 0 Å². The van der Waals surface area contributed by atoms with E-state index in [1.807, 2.05) is 12.4 Å². The molecule has 1 heterocycles. The van der Waals surface area contributed by atoms with Gasteiger partial charge in [0.1, 0.15) is 0 Å². The first-order chi connectivity index (χ1) is 9.61. The van der Waals surface area contributed by atoms with E-state index >= 15 is 0 Å². The van der Waals surface area contributed by atoms with Crippen molar-refractivity contribution in [3.8, 4) is 0 Å². The summed E-state index contributed by atoms with van der Waals surface area (Å²) in [7, 11) is 0. The van der Waals surface area contributed by atoms with Gasteiger partial charge in [0, 0.05) is 12.4 Å². The number of nitrogens with one attached hydrogen (secondary N) is 1. The van der Waals surface area contributed by atoms with Gasteiger partial charge in [-0.1, -0.05) is 36.2 Å². The van der Waals surface area contributed by atoms with Gasteiger partial charge in [-0.05, 0) is 56.5 Å². The summed E-state index contributed by atoms with van der Waals surface area (Å²) in [6.45, 7) is 9.67. The molecule has 106 valence electrons. The number of nitrogens with zero attached hydrogens (tertiary/aromatic N) is 1. The molecular weight excluding hydrogens is 244 g/mol. The summed E-state index contributed by atoms with van der Waals surface area (Å²) in [5, 5.41) is 3.66. The van der Waals surface area contributed by atoms with Gasteiger partial charge >= 0.3 is 0 Å². The first-order valence-electron chi connectivity index (χ1n) is 7.34. The Morgan fingerprint density at radius 2 is 1.80 bits per heavy atom. The van der Waals surface area contributed by atoms with Crippen LogP contribution in [0.3, 0.4) is 0 Å². The first-order valence-corrected chi connectivity index (χ1v) is 7.34. The van der Waals surface area contributed by atoms with Crippen LogP contribution in [0.25, 0.3) is 0 Å². The van der Waals surface area contributed by atoms with Crippen molar-refractivity contribution in [3.05, 3.63) is 64.5 Å². The zero-order chi connectivity index (χ0) is 14.5. The summed E-state index contributed by atoms with van der Waals surface area (Å²) in [4.78, 5) is 4.30. The van der Waals surface area contributed by atoms with E-state index < -0.39 is 0 Å². The Morgan fingerprint density at radius 3 is 2.40 bits per heavy atom. The van der Waals surface area contributed by atoms with Gasteiger partial charge in [-0.25, -0.2) is 0 Å². The van der Waals surface area contributed by atoms with E-state index in [1.54, 1.807) is 0 Å². The molecule has 2 nitrogen and oxygen atoms in total. The highest BCUT2D eigenvalue weighted by atomic mass is 14.9. The largest absolute Gasteiger partial charge is 0.306 e. The minimum atomic E-state index is 0.224. The van der Waals surface area contributed by atoms with Crippen molar-refractivity contribution in [1.29, 1.82) is 0 Å². The van der Waals surface area contributed by atoms with Crippen LogP contribution < -0.4 is 5.32 Å². The first kappa shape index (κ1) is 14.7. The molecule has 1 unspecified atom stereocenters. The van der Waals surface area contributed by atoms with E-state index in [2.05, 4.69) is 62.3 Å². The molecule has 0 saturated heterocycles. The number of aryl methyl sites for hydroxylation is 3. The van der Waals surface area contributed by atoms with Crippen LogP contribution in [0.5, 0.6) is 0 Å². The van der Waals surface area contributed by atoms with Gasteiger partial charge < -0.3 is 5.32 Å². The zero-order valence-electron chi connectivity index (χ0n) is 12.9. The summed E-state index contributed by atoms with van der Waals surface area (Å²) >= 11 is 0. The minimum Gasteiger partial charge on any atom is -0.306 e. The average Bonchev–Trinajstić information content (AvgIpc) is 2.40. The maximum atomic E-state index is 4.30. The second kappa shape index (κ2) is 6.67. The van der Waals surface area contributed by atoms with Crippen molar-refractivity contribution in [2.24, 2.45) is 0 Å². The summed E-state index contributed by atoms with van der Waals surface area (Å²) in [6, 6.07) is 9.07. The standard InChI is InChI=1S/C18H24N2/c1-5-7-20-18(17-12-19-8-6-15(17)4)16-10-13(2)9-14(3)11-16/h6,8-12,18,20H,5,7H2,1-4H3. The van der Waals surface area contributed by atoms with Crippen LogP contribution in [0.2, 0.25) is 0 Å². The number of pyridine rings is 1. The maximum Gasteiger partial charge on any atom is 0.0594 e. The quantitative estimate of drug-likeness (QED) is 0.883. The minimum absolute atomic E-state index is 0.224. The Labute approximate surface area is 122 Å². The van der Waals surface area contributed by atoms with Crippen molar-refractivity contribution in [2.75, 3.05) is 6.54 Å². The second-order valence-electron chi connectivity index (χ2n) is 5.54. The monoisotopic (exact) mass is 268 g/mol. The van der Waals surface area contributed by atoms with Crippen molar-refractivity contribution >= 4 is 0 Å². The van der Waals surface area contributed by atoms with E-state index in [0.717, 1.165) is 13.0 Å². The lowest BCUT2D eigenvalue weighted by molar-refractivity contribution is 0.594. The van der Waals surface area contributed by atoms with Gasteiger partial charge in [-0.15, -0.1) is 0 Å². The molecule has 0 amide bonds. The predicted molar refractivity (Wildman–Crippen MR) is 85.0 cm³/mol. The Hall–Kier alpha value is -1.67. The smallest absolute Gasteiger partial charge is 0.0594 e. The summed E-state index contributed by atoms with van der Waals surface area (Å²) in [5.74, 6) is 0. The molecule has 2 aromatic rings. The van der Waals surface area contributed by atoms with E-state index in [9.17, 15) is 0 Å². The van der Waals surface area contributed by atoms with Crippen molar-refractivity contribution in [3.63, 3.8) is 0 Å². The number of hydrogen-bond donors (Lipinski definition) is 1. The third kappa shape index (κ3) is 3.45. The fourth-order valence-electron chi connectivity index (χ4n) is 2.65. The number of aromatic nitrogens is 1. The fourth-order valence-corrected chi connectivity index (χ4v) is 2.65.